The number of carboxylic acids is 1. The van der Waals surface area contributed by atoms with Gasteiger partial charge in [0.05, 0.1) is 34.0 Å². The monoisotopic (exact) mass is 650 g/mol. The van der Waals surface area contributed by atoms with Crippen molar-refractivity contribution in [1.29, 1.82) is 0 Å². The highest BCUT2D eigenvalue weighted by Crippen LogP contribution is 2.37. The number of carbonyl (C=O) groups is 2. The molecule has 0 radical (unpaired) electrons. The van der Waals surface area contributed by atoms with Crippen molar-refractivity contribution in [1.82, 2.24) is 29.8 Å². The van der Waals surface area contributed by atoms with Crippen LogP contribution in [0.25, 0.3) is 55.6 Å². The van der Waals surface area contributed by atoms with E-state index in [9.17, 15) is 19.8 Å². The Balaban J connectivity index is 1.14. The number of rotatable bonds is 8. The van der Waals surface area contributed by atoms with Gasteiger partial charge in [-0.05, 0) is 73.0 Å². The van der Waals surface area contributed by atoms with E-state index in [1.165, 1.54) is 6.42 Å². The maximum absolute atomic E-state index is 13.5. The van der Waals surface area contributed by atoms with Gasteiger partial charge in [-0.1, -0.05) is 49.6 Å². The Morgan fingerprint density at radius 3 is 2.53 bits per heavy atom. The first-order chi connectivity index (χ1) is 23.9. The van der Waals surface area contributed by atoms with E-state index < -0.39 is 17.9 Å². The van der Waals surface area contributed by atoms with Crippen LogP contribution in [-0.2, 0) is 11.2 Å². The first-order valence-corrected chi connectivity index (χ1v) is 16.6. The number of imidazole rings is 1. The van der Waals surface area contributed by atoms with Crippen molar-refractivity contribution in [3.63, 3.8) is 0 Å². The average Bonchev–Trinajstić information content (AvgIpc) is 3.72. The molecule has 8 rings (SSSR count). The van der Waals surface area contributed by atoms with Crippen LogP contribution in [0.5, 0.6) is 5.75 Å². The summed E-state index contributed by atoms with van der Waals surface area (Å²) in [5, 5.41) is 23.4. The van der Waals surface area contributed by atoms with E-state index in [4.69, 9.17) is 9.97 Å². The second kappa shape index (κ2) is 12.5. The zero-order valence-corrected chi connectivity index (χ0v) is 26.6. The summed E-state index contributed by atoms with van der Waals surface area (Å²) in [6.07, 6.45) is 9.11. The van der Waals surface area contributed by atoms with E-state index in [2.05, 4.69) is 19.9 Å². The van der Waals surface area contributed by atoms with Crippen molar-refractivity contribution in [3.8, 4) is 28.4 Å². The summed E-state index contributed by atoms with van der Waals surface area (Å²) in [5.74, 6) is -0.764. The number of nitrogens with zero attached hydrogens (tertiary/aromatic N) is 4. The summed E-state index contributed by atoms with van der Waals surface area (Å²) < 4.78 is 2.30. The number of phenols is 1. The van der Waals surface area contributed by atoms with Crippen LogP contribution in [0.2, 0.25) is 0 Å². The van der Waals surface area contributed by atoms with Crippen molar-refractivity contribution >= 4 is 44.8 Å². The van der Waals surface area contributed by atoms with Gasteiger partial charge in [0.25, 0.3) is 5.91 Å². The van der Waals surface area contributed by atoms with Gasteiger partial charge in [-0.3, -0.25) is 9.78 Å². The molecule has 10 heteroatoms. The first kappa shape index (κ1) is 30.3. The quantitative estimate of drug-likeness (QED) is 0.134. The van der Waals surface area contributed by atoms with Gasteiger partial charge in [-0.25, -0.2) is 14.8 Å². The van der Waals surface area contributed by atoms with Gasteiger partial charge in [-0.2, -0.15) is 0 Å². The largest absolute Gasteiger partial charge is 0.508 e. The van der Waals surface area contributed by atoms with Crippen LogP contribution in [0, 0.1) is 0 Å². The Hall–Kier alpha value is -6.03. The Morgan fingerprint density at radius 1 is 0.878 bits per heavy atom. The van der Waals surface area contributed by atoms with Gasteiger partial charge in [-0.15, -0.1) is 0 Å². The van der Waals surface area contributed by atoms with E-state index in [-0.39, 0.29) is 18.2 Å². The lowest BCUT2D eigenvalue weighted by Crippen LogP contribution is -2.42. The van der Waals surface area contributed by atoms with Gasteiger partial charge in [0.2, 0.25) is 0 Å². The van der Waals surface area contributed by atoms with Gasteiger partial charge < -0.3 is 25.1 Å². The van der Waals surface area contributed by atoms with Gasteiger partial charge in [0.15, 0.2) is 0 Å². The topological polar surface area (TPSA) is 146 Å². The minimum Gasteiger partial charge on any atom is -0.508 e. The van der Waals surface area contributed by atoms with Crippen LogP contribution in [-0.4, -0.2) is 52.6 Å². The van der Waals surface area contributed by atoms with Gasteiger partial charge in [0, 0.05) is 46.3 Å². The number of benzene rings is 4. The number of carboxylic acid groups (broad SMARTS) is 1. The Labute approximate surface area is 281 Å². The van der Waals surface area contributed by atoms with E-state index in [1.54, 1.807) is 42.7 Å². The highest BCUT2D eigenvalue weighted by atomic mass is 16.4. The fourth-order valence-electron chi connectivity index (χ4n) is 7.05. The number of aromatic nitrogens is 5. The number of aromatic amines is 1. The number of aromatic hydroxyl groups is 1. The van der Waals surface area contributed by atoms with Crippen LogP contribution in [0.4, 0.5) is 0 Å². The van der Waals surface area contributed by atoms with E-state index in [1.807, 2.05) is 54.6 Å². The minimum atomic E-state index is -1.18. The molecule has 4 N–H and O–H groups in total. The molecule has 0 bridgehead atoms. The van der Waals surface area contributed by atoms with Crippen LogP contribution >= 0.6 is 0 Å². The second-order valence-electron chi connectivity index (χ2n) is 12.7. The Morgan fingerprint density at radius 2 is 1.71 bits per heavy atom. The lowest BCUT2D eigenvalue weighted by atomic mass is 9.94. The maximum atomic E-state index is 13.5. The number of phenolic OH excluding ortho intramolecular Hbond substituents is 1. The van der Waals surface area contributed by atoms with E-state index in [0.717, 1.165) is 70.4 Å². The molecule has 1 fully saturated rings. The molecular formula is C39H34N6O4. The molecule has 3 aromatic heterocycles. The number of H-pyrrole nitrogens is 1. The number of hydrogen-bond acceptors (Lipinski definition) is 6. The molecule has 0 aliphatic heterocycles. The van der Waals surface area contributed by atoms with E-state index >= 15 is 0 Å². The minimum absolute atomic E-state index is 0.0457. The normalized spacial score (nSPS) is 14.4. The van der Waals surface area contributed by atoms with Crippen LogP contribution in [0.1, 0.15) is 54.1 Å². The highest BCUT2D eigenvalue weighted by Gasteiger charge is 2.26. The molecule has 1 atom stereocenters. The Kier molecular flexibility index (Phi) is 7.75. The summed E-state index contributed by atoms with van der Waals surface area (Å²) >= 11 is 0. The number of aliphatic carboxylic acids is 1. The smallest absolute Gasteiger partial charge is 0.326 e. The predicted octanol–water partition coefficient (Wildman–Crippen LogP) is 7.43. The van der Waals surface area contributed by atoms with Crippen molar-refractivity contribution in [2.24, 2.45) is 0 Å². The second-order valence-corrected chi connectivity index (χ2v) is 12.7. The standard InChI is InChI=1S/C39H34N6O4/c46-28-13-15-30-29(20-28)26(21-40-30)19-34(39(48)49)44-38(47)25-12-16-36-33(18-25)43-37(45(36)27-9-5-2-6-10-27)24-11-14-31-32(17-24)42-35(22-41-31)23-7-3-1-4-8-23/h1,3-4,7-8,11-18,20-22,27,34,40,46H,2,5-6,9-10,19H2,(H,44,47)(H,48,49). The Bertz CT molecular complexity index is 2360. The van der Waals surface area contributed by atoms with Gasteiger partial charge in [0.1, 0.15) is 17.6 Å². The van der Waals surface area contributed by atoms with Crippen molar-refractivity contribution in [2.75, 3.05) is 0 Å². The molecular weight excluding hydrogens is 616 g/mol. The summed E-state index contributed by atoms with van der Waals surface area (Å²) in [4.78, 5) is 43.6. The fourth-order valence-corrected chi connectivity index (χ4v) is 7.05. The third-order valence-corrected chi connectivity index (χ3v) is 9.54. The molecule has 244 valence electrons. The van der Waals surface area contributed by atoms with Gasteiger partial charge >= 0.3 is 5.97 Å². The highest BCUT2D eigenvalue weighted by molar-refractivity contribution is 6.00. The zero-order chi connectivity index (χ0) is 33.5. The van der Waals surface area contributed by atoms with Crippen molar-refractivity contribution in [2.45, 2.75) is 50.6 Å². The summed E-state index contributed by atoms with van der Waals surface area (Å²) in [6, 6.07) is 25.4. The molecule has 7 aromatic rings. The molecule has 10 nitrogen and oxygen atoms in total. The van der Waals surface area contributed by atoms with Crippen LogP contribution in [0.15, 0.2) is 97.3 Å². The molecule has 0 spiro atoms. The molecule has 1 saturated carbocycles. The lowest BCUT2D eigenvalue weighted by molar-refractivity contribution is -0.139. The SMILES string of the molecule is O=C(NC(Cc1c[nH]c2ccc(O)cc12)C(=O)O)c1ccc2c(c1)nc(-c1ccc3ncc(-c4ccccc4)nc3c1)n2C1CCCCC1. The van der Waals surface area contributed by atoms with Crippen molar-refractivity contribution < 1.29 is 19.8 Å². The zero-order valence-electron chi connectivity index (χ0n) is 26.6. The summed E-state index contributed by atoms with van der Waals surface area (Å²) in [6.45, 7) is 0. The number of hydrogen-bond donors (Lipinski definition) is 4. The van der Waals surface area contributed by atoms with E-state index in [0.29, 0.717) is 22.0 Å². The average molecular weight is 651 g/mol. The van der Waals surface area contributed by atoms with Crippen molar-refractivity contribution in [3.05, 3.63) is 108 Å². The third-order valence-electron chi connectivity index (χ3n) is 9.54. The number of carbonyl (C=O) groups excluding carboxylic acids is 1. The fraction of sp³-hybridized carbons (Fsp3) is 0.205. The molecule has 4 aromatic carbocycles. The molecule has 49 heavy (non-hydrogen) atoms. The molecule has 1 aliphatic carbocycles. The summed E-state index contributed by atoms with van der Waals surface area (Å²) in [5.41, 5.74) is 7.63. The first-order valence-electron chi connectivity index (χ1n) is 16.6. The van der Waals surface area contributed by atoms with Crippen LogP contribution in [0.3, 0.4) is 0 Å². The van der Waals surface area contributed by atoms with Crippen LogP contribution < -0.4 is 5.32 Å². The predicted molar refractivity (Wildman–Crippen MR) is 188 cm³/mol. The molecule has 0 saturated heterocycles. The molecule has 1 unspecified atom stereocenters. The number of amides is 1. The lowest BCUT2D eigenvalue weighted by Gasteiger charge is -2.25. The molecule has 1 aliphatic rings. The number of nitrogens with one attached hydrogen (secondary N) is 2. The third kappa shape index (κ3) is 5.86. The molecule has 3 heterocycles. The summed E-state index contributed by atoms with van der Waals surface area (Å²) in [7, 11) is 0. The number of fused-ring (bicyclic) bond motifs is 3. The molecule has 1 amide bonds. The maximum Gasteiger partial charge on any atom is 0.326 e.